The summed E-state index contributed by atoms with van der Waals surface area (Å²) in [4.78, 5) is 32.8. The first-order valence-electron chi connectivity index (χ1n) is 15.4. The molecule has 3 saturated carbocycles. The first-order chi connectivity index (χ1) is 18.6. The zero-order valence-corrected chi connectivity index (χ0v) is 25.6. The molecule has 0 aliphatic heterocycles. The topological polar surface area (TPSA) is 96.9 Å². The lowest BCUT2D eigenvalue weighted by Gasteiger charge is -2.68. The molecule has 7 atom stereocenters. The van der Waals surface area contributed by atoms with Crippen molar-refractivity contribution in [3.05, 3.63) is 35.0 Å². The van der Waals surface area contributed by atoms with Crippen LogP contribution in [-0.4, -0.2) is 21.7 Å². The van der Waals surface area contributed by atoms with Crippen molar-refractivity contribution in [1.82, 2.24) is 10.1 Å². The van der Waals surface area contributed by atoms with Crippen LogP contribution in [0.5, 0.6) is 0 Å². The molecular weight excluding hydrogens is 498 g/mol. The Morgan fingerprint density at radius 1 is 1.02 bits per heavy atom. The average molecular weight is 544 g/mol. The molecule has 1 heterocycles. The van der Waals surface area contributed by atoms with Gasteiger partial charge in [-0.25, -0.2) is 0 Å². The normalized spacial score (nSPS) is 43.3. The molecule has 5 aliphatic carbocycles. The molecule has 0 aromatic carbocycles. The van der Waals surface area contributed by atoms with Crippen molar-refractivity contribution in [2.24, 2.45) is 44.8 Å². The Labute approximate surface area is 239 Å². The van der Waals surface area contributed by atoms with Gasteiger partial charge in [-0.15, -0.1) is 0 Å². The summed E-state index contributed by atoms with van der Waals surface area (Å²) < 4.78 is 5.99. The second kappa shape index (κ2) is 8.26. The summed E-state index contributed by atoms with van der Waals surface area (Å²) in [7, 11) is 0. The highest BCUT2D eigenvalue weighted by molar-refractivity contribution is 6.04. The van der Waals surface area contributed by atoms with Gasteiger partial charge in [0, 0.05) is 23.2 Å². The van der Waals surface area contributed by atoms with Crippen molar-refractivity contribution < 1.29 is 14.1 Å². The molecule has 0 radical (unpaired) electrons. The number of hydrogen-bond acceptors (Lipinski definition) is 6. The van der Waals surface area contributed by atoms with Crippen LogP contribution in [0.25, 0.3) is 0 Å². The number of nitrogens with zero attached hydrogens (tertiary/aromatic N) is 3. The maximum absolute atomic E-state index is 14.6. The van der Waals surface area contributed by atoms with Crippen molar-refractivity contribution in [2.75, 3.05) is 0 Å². The molecule has 2 unspecified atom stereocenters. The zero-order chi connectivity index (χ0) is 29.1. The number of rotatable bonds is 2. The molecule has 1 aromatic rings. The lowest BCUT2D eigenvalue weighted by Crippen LogP contribution is -2.65. The van der Waals surface area contributed by atoms with E-state index in [1.807, 2.05) is 32.9 Å². The third kappa shape index (κ3) is 3.27. The van der Waals surface area contributed by atoms with Crippen LogP contribution in [0.4, 0.5) is 0 Å². The van der Waals surface area contributed by atoms with E-state index in [9.17, 15) is 14.9 Å². The van der Waals surface area contributed by atoms with Crippen LogP contribution in [0.3, 0.4) is 0 Å². The van der Waals surface area contributed by atoms with Crippen LogP contribution < -0.4 is 0 Å². The van der Waals surface area contributed by atoms with Gasteiger partial charge >= 0.3 is 0 Å². The van der Waals surface area contributed by atoms with Gasteiger partial charge in [-0.2, -0.15) is 10.2 Å². The Morgan fingerprint density at radius 3 is 2.38 bits per heavy atom. The third-order valence-electron chi connectivity index (χ3n) is 13.1. The number of ketones is 2. The third-order valence-corrected chi connectivity index (χ3v) is 13.1. The molecule has 0 saturated heterocycles. The molecule has 3 fully saturated rings. The summed E-state index contributed by atoms with van der Waals surface area (Å²) in [5.74, 6) is 1.67. The fraction of sp³-hybridized carbons (Fsp3) is 0.735. The lowest BCUT2D eigenvalue weighted by molar-refractivity contribution is -0.161. The van der Waals surface area contributed by atoms with Crippen LogP contribution in [-0.2, 0) is 21.4 Å². The van der Waals surface area contributed by atoms with Crippen molar-refractivity contribution >= 4 is 11.6 Å². The largest absolute Gasteiger partial charge is 0.339 e. The molecule has 6 heteroatoms. The summed E-state index contributed by atoms with van der Waals surface area (Å²) in [6.07, 6.45) is 11.3. The number of aromatic nitrogens is 2. The van der Waals surface area contributed by atoms with E-state index < -0.39 is 10.8 Å². The highest BCUT2D eigenvalue weighted by atomic mass is 16.5. The number of carbonyl (C=O) groups is 2. The minimum Gasteiger partial charge on any atom is -0.339 e. The average Bonchev–Trinajstić information content (AvgIpc) is 3.37. The lowest BCUT2D eigenvalue weighted by atomic mass is 9.34. The minimum absolute atomic E-state index is 0.0547. The molecule has 5 aliphatic rings. The molecule has 0 spiro atoms. The molecule has 0 bridgehead atoms. The van der Waals surface area contributed by atoms with Crippen LogP contribution in [0, 0.1) is 56.2 Å². The number of allylic oxidation sites excluding steroid dienone is 4. The molecule has 1 aromatic heterocycles. The summed E-state index contributed by atoms with van der Waals surface area (Å²) in [5, 5.41) is 14.2. The fourth-order valence-corrected chi connectivity index (χ4v) is 10.6. The van der Waals surface area contributed by atoms with Gasteiger partial charge in [0.05, 0.1) is 11.0 Å². The first kappa shape index (κ1) is 27.6. The van der Waals surface area contributed by atoms with Gasteiger partial charge in [-0.1, -0.05) is 72.2 Å². The second-order valence-electron chi connectivity index (χ2n) is 15.8. The molecule has 6 nitrogen and oxygen atoms in total. The van der Waals surface area contributed by atoms with Gasteiger partial charge in [-0.3, -0.25) is 9.59 Å². The Kier molecular flexibility index (Phi) is 5.70. The van der Waals surface area contributed by atoms with Crippen LogP contribution in [0.15, 0.2) is 27.8 Å². The number of aryl methyl sites for hydroxylation is 1. The van der Waals surface area contributed by atoms with Gasteiger partial charge in [0.25, 0.3) is 0 Å². The summed E-state index contributed by atoms with van der Waals surface area (Å²) >= 11 is 0. The van der Waals surface area contributed by atoms with E-state index in [2.05, 4.69) is 45.8 Å². The standard InChI is InChI=1S/C34H45N3O3/c1-9-25-36-28(40-37-25)34-14-12-29(2,3)18-21(34)26-22(38)16-24-31(6)17-20(19-35)27(39)30(4,5)23(31)10-11-32(24,7)33(26,8)13-15-34/h16-17,21,23,26H,9-15,18H2,1-8H3/t21?,23-,26?,31-,32+,33+,34-/m0/s1. The van der Waals surface area contributed by atoms with Crippen LogP contribution >= 0.6 is 0 Å². The second-order valence-corrected chi connectivity index (χ2v) is 15.8. The monoisotopic (exact) mass is 543 g/mol. The molecule has 40 heavy (non-hydrogen) atoms. The Balaban J connectivity index is 1.53. The fourth-order valence-electron chi connectivity index (χ4n) is 10.6. The molecule has 0 amide bonds. The highest BCUT2D eigenvalue weighted by Gasteiger charge is 2.70. The molecule has 0 N–H and O–H groups in total. The number of carbonyl (C=O) groups excluding carboxylic acids is 2. The van der Waals surface area contributed by atoms with Gasteiger partial charge in [0.15, 0.2) is 17.4 Å². The van der Waals surface area contributed by atoms with Crippen LogP contribution in [0.2, 0.25) is 0 Å². The van der Waals surface area contributed by atoms with E-state index in [0.29, 0.717) is 0 Å². The minimum atomic E-state index is -0.651. The zero-order valence-electron chi connectivity index (χ0n) is 25.6. The van der Waals surface area contributed by atoms with Gasteiger partial charge in [0.2, 0.25) is 5.89 Å². The first-order valence-corrected chi connectivity index (χ1v) is 15.4. The Bertz CT molecular complexity index is 1410. The van der Waals surface area contributed by atoms with E-state index in [1.54, 1.807) is 0 Å². The molecule has 6 rings (SSSR count). The number of Topliss-reactive ketones (excluding diaryl/α,β-unsaturated/α-hetero) is 1. The van der Waals surface area contributed by atoms with Crippen molar-refractivity contribution in [2.45, 2.75) is 112 Å². The van der Waals surface area contributed by atoms with Gasteiger partial charge in [0.1, 0.15) is 6.07 Å². The van der Waals surface area contributed by atoms with E-state index >= 15 is 0 Å². The number of nitriles is 1. The summed E-state index contributed by atoms with van der Waals surface area (Å²) in [6, 6.07) is 2.20. The Hall–Kier alpha value is -2.55. The predicted molar refractivity (Wildman–Crippen MR) is 152 cm³/mol. The van der Waals surface area contributed by atoms with Gasteiger partial charge < -0.3 is 4.52 Å². The van der Waals surface area contributed by atoms with E-state index in [4.69, 9.17) is 9.51 Å². The SMILES string of the molecule is CCc1noc([C@]23CCC(C)(C)CC2C2C(=O)C=C4[C@@]5(C)C=C(C#N)C(=O)C(C)(C)[C@@H]5CC[C@@]4(C)[C@]2(C)CC3)n1. The Morgan fingerprint density at radius 2 is 1.73 bits per heavy atom. The number of hydrogen-bond donors (Lipinski definition) is 0. The predicted octanol–water partition coefficient (Wildman–Crippen LogP) is 7.10. The molecule has 214 valence electrons. The highest BCUT2D eigenvalue weighted by Crippen LogP contribution is 2.74. The van der Waals surface area contributed by atoms with Crippen molar-refractivity contribution in [3.8, 4) is 6.07 Å². The van der Waals surface area contributed by atoms with Gasteiger partial charge in [-0.05, 0) is 79.1 Å². The summed E-state index contributed by atoms with van der Waals surface area (Å²) in [6.45, 7) is 17.7. The number of fused-ring (bicyclic) bond motifs is 7. The molecular formula is C34H45N3O3. The van der Waals surface area contributed by atoms with E-state index in [-0.39, 0.29) is 56.6 Å². The quantitative estimate of drug-likeness (QED) is 0.395. The smallest absolute Gasteiger partial charge is 0.233 e. The van der Waals surface area contributed by atoms with Crippen molar-refractivity contribution in [3.63, 3.8) is 0 Å². The maximum Gasteiger partial charge on any atom is 0.233 e. The van der Waals surface area contributed by atoms with E-state index in [1.165, 1.54) is 0 Å². The van der Waals surface area contributed by atoms with Crippen LogP contribution in [0.1, 0.15) is 112 Å². The van der Waals surface area contributed by atoms with E-state index in [0.717, 1.165) is 68.7 Å². The summed E-state index contributed by atoms with van der Waals surface area (Å²) in [5.41, 5.74) is -0.386. The maximum atomic E-state index is 14.6. The van der Waals surface area contributed by atoms with Crippen molar-refractivity contribution in [1.29, 1.82) is 5.26 Å².